The lowest BCUT2D eigenvalue weighted by molar-refractivity contribution is -0.152. The molecule has 1 saturated heterocycles. The highest BCUT2D eigenvalue weighted by Gasteiger charge is 2.35. The van der Waals surface area contributed by atoms with Gasteiger partial charge in [-0.05, 0) is 36.0 Å². The zero-order valence-electron chi connectivity index (χ0n) is 17.8. The molecule has 1 aliphatic rings. The average molecular weight is 405 g/mol. The first-order valence-corrected chi connectivity index (χ1v) is 10.2. The Morgan fingerprint density at radius 1 is 1.17 bits per heavy atom. The van der Waals surface area contributed by atoms with Crippen molar-refractivity contribution in [3.8, 4) is 5.75 Å². The minimum absolute atomic E-state index is 0.154. The van der Waals surface area contributed by atoms with Crippen LogP contribution < -0.4 is 10.1 Å². The fraction of sp³-hybridized carbons (Fsp3) is 0.591. The molecule has 2 rings (SSSR count). The van der Waals surface area contributed by atoms with Crippen molar-refractivity contribution in [2.45, 2.75) is 52.5 Å². The molecule has 0 bridgehead atoms. The molecule has 1 fully saturated rings. The topological polar surface area (TPSA) is 84.9 Å². The summed E-state index contributed by atoms with van der Waals surface area (Å²) in [6.45, 7) is 9.11. The fourth-order valence-electron chi connectivity index (χ4n) is 3.02. The van der Waals surface area contributed by atoms with Gasteiger partial charge in [-0.3, -0.25) is 14.4 Å². The summed E-state index contributed by atoms with van der Waals surface area (Å²) in [6, 6.07) is 6.73. The van der Waals surface area contributed by atoms with Crippen LogP contribution in [0, 0.1) is 5.92 Å². The van der Waals surface area contributed by atoms with Gasteiger partial charge in [-0.1, -0.05) is 39.8 Å². The molecule has 1 aliphatic heterocycles. The first-order chi connectivity index (χ1) is 13.8. The molecule has 1 N–H and O–H groups in total. The molecule has 0 radical (unpaired) electrons. The van der Waals surface area contributed by atoms with E-state index in [0.717, 1.165) is 6.42 Å². The molecule has 1 aromatic rings. The Balaban J connectivity index is 1.91. The van der Waals surface area contributed by atoms with E-state index in [9.17, 15) is 14.4 Å². The Morgan fingerprint density at radius 3 is 2.48 bits per heavy atom. The molecular formula is C22H32N2O5. The van der Waals surface area contributed by atoms with Crippen LogP contribution in [0.25, 0.3) is 0 Å². The lowest BCUT2D eigenvalue weighted by Gasteiger charge is -2.34. The summed E-state index contributed by atoms with van der Waals surface area (Å²) in [5.41, 5.74) is 1.19. The minimum Gasteiger partial charge on any atom is -0.484 e. The van der Waals surface area contributed by atoms with Crippen molar-refractivity contribution in [3.63, 3.8) is 0 Å². The molecule has 29 heavy (non-hydrogen) atoms. The van der Waals surface area contributed by atoms with Gasteiger partial charge in [-0.25, -0.2) is 0 Å². The van der Waals surface area contributed by atoms with E-state index in [1.807, 2.05) is 38.1 Å². The van der Waals surface area contributed by atoms with Crippen LogP contribution in [-0.4, -0.2) is 55.0 Å². The van der Waals surface area contributed by atoms with Crippen molar-refractivity contribution in [1.29, 1.82) is 0 Å². The van der Waals surface area contributed by atoms with E-state index >= 15 is 0 Å². The van der Waals surface area contributed by atoms with Gasteiger partial charge >= 0.3 is 5.97 Å². The van der Waals surface area contributed by atoms with Gasteiger partial charge in [0.1, 0.15) is 11.8 Å². The lowest BCUT2D eigenvalue weighted by Crippen LogP contribution is -2.58. The lowest BCUT2D eigenvalue weighted by atomic mass is 10.0. The molecule has 0 spiro atoms. The predicted octanol–water partition coefficient (Wildman–Crippen LogP) is 2.50. The van der Waals surface area contributed by atoms with Gasteiger partial charge in [-0.2, -0.15) is 0 Å². The molecular weight excluding hydrogens is 372 g/mol. The minimum atomic E-state index is -0.866. The summed E-state index contributed by atoms with van der Waals surface area (Å²) < 4.78 is 10.8. The van der Waals surface area contributed by atoms with Gasteiger partial charge in [0, 0.05) is 13.1 Å². The number of nitrogens with zero attached hydrogens (tertiary/aromatic N) is 1. The van der Waals surface area contributed by atoms with Crippen LogP contribution in [0.4, 0.5) is 0 Å². The van der Waals surface area contributed by atoms with Crippen molar-refractivity contribution >= 4 is 17.8 Å². The van der Waals surface area contributed by atoms with Crippen LogP contribution in [-0.2, 0) is 19.1 Å². The van der Waals surface area contributed by atoms with E-state index in [-0.39, 0.29) is 24.8 Å². The molecule has 7 heteroatoms. The Labute approximate surface area is 172 Å². The molecule has 0 saturated carbocycles. The van der Waals surface area contributed by atoms with E-state index in [0.29, 0.717) is 37.3 Å². The zero-order chi connectivity index (χ0) is 21.4. The van der Waals surface area contributed by atoms with Crippen LogP contribution in [0.15, 0.2) is 24.3 Å². The van der Waals surface area contributed by atoms with E-state index in [2.05, 4.69) is 19.2 Å². The molecule has 1 aromatic carbocycles. The van der Waals surface area contributed by atoms with Gasteiger partial charge in [0.2, 0.25) is 5.91 Å². The average Bonchev–Trinajstić information content (AvgIpc) is 2.67. The fourth-order valence-corrected chi connectivity index (χ4v) is 3.02. The number of ether oxygens (including phenoxy) is 2. The normalized spacial score (nSPS) is 16.7. The molecule has 160 valence electrons. The van der Waals surface area contributed by atoms with Gasteiger partial charge in [0.05, 0.1) is 13.0 Å². The van der Waals surface area contributed by atoms with E-state index in [4.69, 9.17) is 9.47 Å². The Hall–Kier alpha value is -2.57. The third kappa shape index (κ3) is 7.07. The highest BCUT2D eigenvalue weighted by molar-refractivity contribution is 5.92. The summed E-state index contributed by atoms with van der Waals surface area (Å²) in [6.07, 6.45) is 0.605. The van der Waals surface area contributed by atoms with Gasteiger partial charge in [0.25, 0.3) is 5.91 Å². The monoisotopic (exact) mass is 404 g/mol. The molecule has 0 aliphatic carbocycles. The third-order valence-corrected chi connectivity index (χ3v) is 4.88. The maximum atomic E-state index is 12.7. The predicted molar refractivity (Wildman–Crippen MR) is 110 cm³/mol. The number of piperazine rings is 1. The maximum absolute atomic E-state index is 12.7. The summed E-state index contributed by atoms with van der Waals surface area (Å²) in [7, 11) is 0. The molecule has 0 aromatic heterocycles. The highest BCUT2D eigenvalue weighted by atomic mass is 16.5. The number of hydrogen-bond acceptors (Lipinski definition) is 5. The Bertz CT molecular complexity index is 700. The SMILES string of the molecule is CC(C)CCOC(=O)CC1C(=O)NCCN1C(=O)COc1ccc(C(C)C)cc1. The van der Waals surface area contributed by atoms with Crippen LogP contribution in [0.2, 0.25) is 0 Å². The number of benzene rings is 1. The first kappa shape index (κ1) is 22.7. The van der Waals surface area contributed by atoms with Crippen LogP contribution >= 0.6 is 0 Å². The van der Waals surface area contributed by atoms with E-state index in [1.165, 1.54) is 10.5 Å². The number of carbonyl (C=O) groups excluding carboxylic acids is 3. The second kappa shape index (κ2) is 10.8. The summed E-state index contributed by atoms with van der Waals surface area (Å²) >= 11 is 0. The number of nitrogens with one attached hydrogen (secondary N) is 1. The Morgan fingerprint density at radius 2 is 1.86 bits per heavy atom. The Kier molecular flexibility index (Phi) is 8.49. The van der Waals surface area contributed by atoms with Crippen LogP contribution in [0.3, 0.4) is 0 Å². The van der Waals surface area contributed by atoms with Crippen molar-refractivity contribution in [1.82, 2.24) is 10.2 Å². The summed E-state index contributed by atoms with van der Waals surface area (Å²) in [5.74, 6) is 0.285. The molecule has 2 amide bonds. The number of amides is 2. The van der Waals surface area contributed by atoms with E-state index in [1.54, 1.807) is 0 Å². The van der Waals surface area contributed by atoms with Crippen molar-refractivity contribution < 1.29 is 23.9 Å². The summed E-state index contributed by atoms with van der Waals surface area (Å²) in [4.78, 5) is 38.4. The maximum Gasteiger partial charge on any atom is 0.308 e. The van der Waals surface area contributed by atoms with Gasteiger partial charge in [-0.15, -0.1) is 0 Å². The smallest absolute Gasteiger partial charge is 0.308 e. The van der Waals surface area contributed by atoms with Crippen molar-refractivity contribution in [3.05, 3.63) is 29.8 Å². The standard InChI is InChI=1S/C22H32N2O5/c1-15(2)9-12-28-21(26)13-19-22(27)23-10-11-24(19)20(25)14-29-18-7-5-17(6-8-18)16(3)4/h5-8,15-16,19H,9-14H2,1-4H3,(H,23,27). The molecule has 7 nitrogen and oxygen atoms in total. The first-order valence-electron chi connectivity index (χ1n) is 10.2. The van der Waals surface area contributed by atoms with E-state index < -0.39 is 12.0 Å². The molecule has 1 heterocycles. The second-order valence-electron chi connectivity index (χ2n) is 8.01. The molecule has 1 atom stereocenters. The number of rotatable bonds is 9. The highest BCUT2D eigenvalue weighted by Crippen LogP contribution is 2.19. The van der Waals surface area contributed by atoms with Crippen LogP contribution in [0.1, 0.15) is 52.0 Å². The number of esters is 1. The quantitative estimate of drug-likeness (QED) is 0.639. The second-order valence-corrected chi connectivity index (χ2v) is 8.01. The molecule has 1 unspecified atom stereocenters. The summed E-state index contributed by atoms with van der Waals surface area (Å²) in [5, 5.41) is 2.71. The number of hydrogen-bond donors (Lipinski definition) is 1. The third-order valence-electron chi connectivity index (χ3n) is 4.88. The zero-order valence-corrected chi connectivity index (χ0v) is 17.8. The largest absolute Gasteiger partial charge is 0.484 e. The van der Waals surface area contributed by atoms with Crippen molar-refractivity contribution in [2.75, 3.05) is 26.3 Å². The van der Waals surface area contributed by atoms with Gasteiger partial charge in [0.15, 0.2) is 6.61 Å². The van der Waals surface area contributed by atoms with Crippen molar-refractivity contribution in [2.24, 2.45) is 5.92 Å². The van der Waals surface area contributed by atoms with Gasteiger partial charge < -0.3 is 19.7 Å². The van der Waals surface area contributed by atoms with Crippen LogP contribution in [0.5, 0.6) is 5.75 Å². The number of carbonyl (C=O) groups is 3.